The van der Waals surface area contributed by atoms with E-state index in [9.17, 15) is 9.90 Å². The minimum Gasteiger partial charge on any atom is -0.478 e. The zero-order chi connectivity index (χ0) is 19.3. The zero-order valence-electron chi connectivity index (χ0n) is 15.5. The summed E-state index contributed by atoms with van der Waals surface area (Å²) in [4.78, 5) is 26.7. The molecule has 0 aliphatic carbocycles. The number of nitrogens with zero attached hydrogens (tertiary/aromatic N) is 3. The molecule has 1 aliphatic heterocycles. The molecular formula is C22H20N4O2. The summed E-state index contributed by atoms with van der Waals surface area (Å²) in [5.74, 6) is -0.128. The van der Waals surface area contributed by atoms with Gasteiger partial charge in [-0.2, -0.15) is 0 Å². The Kier molecular flexibility index (Phi) is 3.79. The summed E-state index contributed by atoms with van der Waals surface area (Å²) in [5.41, 5.74) is 4.47. The first-order chi connectivity index (χ1) is 13.6. The van der Waals surface area contributed by atoms with Crippen LogP contribution in [0.25, 0.3) is 33.2 Å². The van der Waals surface area contributed by atoms with E-state index in [-0.39, 0.29) is 5.56 Å². The van der Waals surface area contributed by atoms with Crippen molar-refractivity contribution in [2.75, 3.05) is 11.4 Å². The predicted octanol–water partition coefficient (Wildman–Crippen LogP) is 4.47. The maximum Gasteiger partial charge on any atom is 0.335 e. The number of aromatic carboxylic acids is 1. The van der Waals surface area contributed by atoms with E-state index in [4.69, 9.17) is 9.97 Å². The molecule has 0 radical (unpaired) electrons. The topological polar surface area (TPSA) is 82.1 Å². The van der Waals surface area contributed by atoms with E-state index in [0.29, 0.717) is 17.1 Å². The molecule has 0 spiro atoms. The number of carboxylic acid groups (broad SMARTS) is 1. The van der Waals surface area contributed by atoms with Gasteiger partial charge in [0.1, 0.15) is 5.69 Å². The van der Waals surface area contributed by atoms with Gasteiger partial charge in [-0.05, 0) is 56.2 Å². The number of carbonyl (C=O) groups is 1. The molecule has 4 aromatic rings. The lowest BCUT2D eigenvalue weighted by Gasteiger charge is -2.25. The number of hydrogen-bond donors (Lipinski definition) is 2. The maximum atomic E-state index is 11.4. The SMILES string of the molecule is C[C@H]1CCCN1c1nc2cc(C(=O)O)ccc2nc1-c1ccc2[nH]ccc2c1. The molecule has 2 aromatic carbocycles. The van der Waals surface area contributed by atoms with Crippen LogP contribution in [0.3, 0.4) is 0 Å². The number of nitrogens with one attached hydrogen (secondary N) is 1. The quantitative estimate of drug-likeness (QED) is 0.555. The van der Waals surface area contributed by atoms with Gasteiger partial charge >= 0.3 is 5.97 Å². The van der Waals surface area contributed by atoms with Gasteiger partial charge in [-0.1, -0.05) is 6.07 Å². The summed E-state index contributed by atoms with van der Waals surface area (Å²) in [6.07, 6.45) is 4.16. The van der Waals surface area contributed by atoms with Crippen molar-refractivity contribution in [2.24, 2.45) is 0 Å². The third-order valence-corrected chi connectivity index (χ3v) is 5.54. The molecule has 1 saturated heterocycles. The lowest BCUT2D eigenvalue weighted by atomic mass is 10.1. The number of anilines is 1. The van der Waals surface area contributed by atoms with E-state index in [1.807, 2.05) is 12.3 Å². The Balaban J connectivity index is 1.75. The number of benzene rings is 2. The highest BCUT2D eigenvalue weighted by Crippen LogP contribution is 2.35. The van der Waals surface area contributed by atoms with E-state index in [2.05, 4.69) is 35.0 Å². The third-order valence-electron chi connectivity index (χ3n) is 5.54. The van der Waals surface area contributed by atoms with Crippen molar-refractivity contribution in [1.29, 1.82) is 0 Å². The Morgan fingerprint density at radius 2 is 2.04 bits per heavy atom. The van der Waals surface area contributed by atoms with Crippen LogP contribution in [0.2, 0.25) is 0 Å². The predicted molar refractivity (Wildman–Crippen MR) is 110 cm³/mol. The first-order valence-electron chi connectivity index (χ1n) is 9.49. The fraction of sp³-hybridized carbons (Fsp3) is 0.227. The van der Waals surface area contributed by atoms with E-state index in [1.165, 1.54) is 0 Å². The van der Waals surface area contributed by atoms with E-state index in [0.717, 1.165) is 47.4 Å². The van der Waals surface area contributed by atoms with E-state index in [1.54, 1.807) is 18.2 Å². The lowest BCUT2D eigenvalue weighted by molar-refractivity contribution is 0.0697. The number of H-pyrrole nitrogens is 1. The molecular weight excluding hydrogens is 352 g/mol. The van der Waals surface area contributed by atoms with Crippen LogP contribution in [-0.2, 0) is 0 Å². The smallest absolute Gasteiger partial charge is 0.335 e. The van der Waals surface area contributed by atoms with Crippen LogP contribution in [0.4, 0.5) is 5.82 Å². The van der Waals surface area contributed by atoms with Crippen molar-refractivity contribution in [1.82, 2.24) is 15.0 Å². The van der Waals surface area contributed by atoms with Crippen LogP contribution >= 0.6 is 0 Å². The second-order valence-electron chi connectivity index (χ2n) is 7.37. The van der Waals surface area contributed by atoms with Crippen molar-refractivity contribution in [3.05, 3.63) is 54.2 Å². The minimum absolute atomic E-state index is 0.226. The number of hydrogen-bond acceptors (Lipinski definition) is 4. The molecule has 0 saturated carbocycles. The highest BCUT2D eigenvalue weighted by molar-refractivity contribution is 5.94. The molecule has 6 nitrogen and oxygen atoms in total. The first-order valence-corrected chi connectivity index (χ1v) is 9.49. The lowest BCUT2D eigenvalue weighted by Crippen LogP contribution is -2.28. The second-order valence-corrected chi connectivity index (χ2v) is 7.37. The average Bonchev–Trinajstić information content (AvgIpc) is 3.34. The molecule has 2 aromatic heterocycles. The van der Waals surface area contributed by atoms with Crippen molar-refractivity contribution >= 4 is 33.7 Å². The summed E-state index contributed by atoms with van der Waals surface area (Å²) in [7, 11) is 0. The number of fused-ring (bicyclic) bond motifs is 2. The minimum atomic E-state index is -0.957. The van der Waals surface area contributed by atoms with Crippen molar-refractivity contribution in [2.45, 2.75) is 25.8 Å². The summed E-state index contributed by atoms with van der Waals surface area (Å²) >= 11 is 0. The highest BCUT2D eigenvalue weighted by atomic mass is 16.4. The van der Waals surface area contributed by atoms with E-state index < -0.39 is 5.97 Å². The monoisotopic (exact) mass is 372 g/mol. The average molecular weight is 372 g/mol. The molecule has 28 heavy (non-hydrogen) atoms. The molecule has 0 unspecified atom stereocenters. The molecule has 3 heterocycles. The Morgan fingerprint density at radius 3 is 2.82 bits per heavy atom. The first kappa shape index (κ1) is 16.7. The molecule has 6 heteroatoms. The van der Waals surface area contributed by atoms with Crippen LogP contribution in [0.15, 0.2) is 48.7 Å². The number of rotatable bonds is 3. The molecule has 5 rings (SSSR count). The van der Waals surface area contributed by atoms with Crippen LogP contribution in [0.5, 0.6) is 0 Å². The van der Waals surface area contributed by atoms with Gasteiger partial charge in [-0.3, -0.25) is 0 Å². The largest absolute Gasteiger partial charge is 0.478 e. The standard InChI is InChI=1S/C22H20N4O2/c1-13-3-2-10-26(13)21-20(15-4-6-17-14(11-15)8-9-23-17)24-18-7-5-16(22(27)28)12-19(18)25-21/h4-9,11-13,23H,2-3,10H2,1H3,(H,27,28)/t13-/m0/s1. The van der Waals surface area contributed by atoms with Crippen LogP contribution < -0.4 is 4.90 Å². The molecule has 2 N–H and O–H groups in total. The van der Waals surface area contributed by atoms with Gasteiger partial charge in [0.15, 0.2) is 5.82 Å². The normalized spacial score (nSPS) is 16.9. The van der Waals surface area contributed by atoms with Crippen LogP contribution in [0, 0.1) is 0 Å². The fourth-order valence-corrected chi connectivity index (χ4v) is 4.02. The third kappa shape index (κ3) is 2.69. The highest BCUT2D eigenvalue weighted by Gasteiger charge is 2.26. The summed E-state index contributed by atoms with van der Waals surface area (Å²) < 4.78 is 0. The Hall–Kier alpha value is -3.41. The van der Waals surface area contributed by atoms with Crippen molar-refractivity contribution in [3.63, 3.8) is 0 Å². The number of aromatic nitrogens is 3. The van der Waals surface area contributed by atoms with E-state index >= 15 is 0 Å². The Morgan fingerprint density at radius 1 is 1.14 bits per heavy atom. The van der Waals surface area contributed by atoms with Crippen LogP contribution in [-0.4, -0.2) is 38.6 Å². The fourth-order valence-electron chi connectivity index (χ4n) is 4.02. The van der Waals surface area contributed by atoms with Gasteiger partial charge in [0.05, 0.1) is 16.6 Å². The molecule has 0 bridgehead atoms. The number of aromatic amines is 1. The van der Waals surface area contributed by atoms with Crippen molar-refractivity contribution < 1.29 is 9.90 Å². The Labute approximate surface area is 161 Å². The summed E-state index contributed by atoms with van der Waals surface area (Å²) in [6.45, 7) is 3.13. The molecule has 0 amide bonds. The number of carboxylic acids is 1. The van der Waals surface area contributed by atoms with Gasteiger partial charge < -0.3 is 15.0 Å². The molecule has 1 atom stereocenters. The van der Waals surface area contributed by atoms with Gasteiger partial charge in [0.25, 0.3) is 0 Å². The van der Waals surface area contributed by atoms with Crippen LogP contribution in [0.1, 0.15) is 30.1 Å². The molecule has 140 valence electrons. The van der Waals surface area contributed by atoms with Crippen molar-refractivity contribution in [3.8, 4) is 11.3 Å². The molecule has 1 aliphatic rings. The zero-order valence-corrected chi connectivity index (χ0v) is 15.5. The van der Waals surface area contributed by atoms with Gasteiger partial charge in [0.2, 0.25) is 0 Å². The summed E-state index contributed by atoms with van der Waals surface area (Å²) in [5, 5.41) is 10.4. The summed E-state index contributed by atoms with van der Waals surface area (Å²) in [6, 6.07) is 13.6. The Bertz CT molecular complexity index is 1210. The second kappa shape index (κ2) is 6.34. The molecule has 1 fully saturated rings. The van der Waals surface area contributed by atoms with Gasteiger partial charge in [-0.15, -0.1) is 0 Å². The van der Waals surface area contributed by atoms with Gasteiger partial charge in [0, 0.05) is 35.2 Å². The maximum absolute atomic E-state index is 11.4. The van der Waals surface area contributed by atoms with Gasteiger partial charge in [-0.25, -0.2) is 14.8 Å².